The summed E-state index contributed by atoms with van der Waals surface area (Å²) in [5, 5.41) is 0. The number of ether oxygens (including phenoxy) is 4. The van der Waals surface area contributed by atoms with E-state index in [2.05, 4.69) is 11.6 Å². The van der Waals surface area contributed by atoms with Gasteiger partial charge in [-0.05, 0) is 54.0 Å². The van der Waals surface area contributed by atoms with E-state index >= 15 is 0 Å². The van der Waals surface area contributed by atoms with E-state index in [1.807, 2.05) is 54.6 Å². The molecule has 0 amide bonds. The van der Waals surface area contributed by atoms with Crippen LogP contribution in [0.1, 0.15) is 36.6 Å². The van der Waals surface area contributed by atoms with Crippen molar-refractivity contribution in [2.24, 2.45) is 4.99 Å². The van der Waals surface area contributed by atoms with Crippen LogP contribution in [0.25, 0.3) is 6.08 Å². The van der Waals surface area contributed by atoms with Gasteiger partial charge in [-0.15, -0.1) is 0 Å². The third-order valence-electron chi connectivity index (χ3n) is 6.76. The molecule has 5 rings (SSSR count). The number of thiazole rings is 1. The van der Waals surface area contributed by atoms with Gasteiger partial charge in [-0.1, -0.05) is 72.5 Å². The van der Waals surface area contributed by atoms with Crippen molar-refractivity contribution in [2.45, 2.75) is 26.5 Å². The summed E-state index contributed by atoms with van der Waals surface area (Å²) in [4.78, 5) is 43.9. The second kappa shape index (κ2) is 13.4. The van der Waals surface area contributed by atoms with E-state index in [1.165, 1.54) is 36.0 Å². The van der Waals surface area contributed by atoms with Gasteiger partial charge in [0.15, 0.2) is 16.3 Å². The molecule has 3 aromatic carbocycles. The largest absolute Gasteiger partial charge is 0.493 e. The molecule has 0 spiro atoms. The lowest BCUT2D eigenvalue weighted by Crippen LogP contribution is -2.40. The maximum Gasteiger partial charge on any atom is 0.338 e. The average Bonchev–Trinajstić information content (AvgIpc) is 3.33. The van der Waals surface area contributed by atoms with E-state index in [9.17, 15) is 14.4 Å². The predicted octanol–water partition coefficient (Wildman–Crippen LogP) is 4.48. The highest BCUT2D eigenvalue weighted by atomic mass is 32.1. The molecule has 0 fully saturated rings. The highest BCUT2D eigenvalue weighted by Crippen LogP contribution is 2.36. The first-order chi connectivity index (χ1) is 21.3. The first-order valence-corrected chi connectivity index (χ1v) is 14.5. The summed E-state index contributed by atoms with van der Waals surface area (Å²) in [6.07, 6.45) is 3.24. The summed E-state index contributed by atoms with van der Waals surface area (Å²) in [5.74, 6) is 0.0485. The normalized spacial score (nSPS) is 14.3. The van der Waals surface area contributed by atoms with Crippen molar-refractivity contribution in [3.63, 3.8) is 0 Å². The van der Waals surface area contributed by atoms with Crippen LogP contribution < -0.4 is 29.1 Å². The smallest absolute Gasteiger partial charge is 0.338 e. The molecule has 1 aromatic heterocycles. The average molecular weight is 611 g/mol. The third kappa shape index (κ3) is 6.55. The van der Waals surface area contributed by atoms with Gasteiger partial charge in [0, 0.05) is 6.92 Å². The highest BCUT2D eigenvalue weighted by molar-refractivity contribution is 7.07. The van der Waals surface area contributed by atoms with Crippen molar-refractivity contribution in [1.29, 1.82) is 0 Å². The van der Waals surface area contributed by atoms with Crippen LogP contribution in [-0.4, -0.2) is 30.2 Å². The molecule has 4 aromatic rings. The number of hydrogen-bond acceptors (Lipinski definition) is 9. The summed E-state index contributed by atoms with van der Waals surface area (Å²) in [6, 6.07) is 21.3. The minimum atomic E-state index is -0.875. The maximum atomic E-state index is 13.9. The van der Waals surface area contributed by atoms with Crippen molar-refractivity contribution in [3.05, 3.63) is 133 Å². The van der Waals surface area contributed by atoms with Gasteiger partial charge in [0.2, 0.25) is 0 Å². The number of aromatic nitrogens is 1. The molecule has 1 atom stereocenters. The lowest BCUT2D eigenvalue weighted by Gasteiger charge is -2.25. The molecule has 10 heteroatoms. The zero-order valence-electron chi connectivity index (χ0n) is 24.4. The number of allylic oxidation sites excluding steroid dienone is 1. The van der Waals surface area contributed by atoms with Crippen molar-refractivity contribution < 1.29 is 28.5 Å². The number of methoxy groups -OCH3 is 1. The van der Waals surface area contributed by atoms with Gasteiger partial charge in [-0.2, -0.15) is 0 Å². The van der Waals surface area contributed by atoms with Gasteiger partial charge in [0.1, 0.15) is 19.0 Å². The van der Waals surface area contributed by atoms with E-state index < -0.39 is 18.0 Å². The summed E-state index contributed by atoms with van der Waals surface area (Å²) < 4.78 is 23.9. The fraction of sp³-hybridized carbons (Fsp3) is 0.176. The van der Waals surface area contributed by atoms with Crippen LogP contribution in [0.4, 0.5) is 0 Å². The number of carbonyl (C=O) groups excluding carboxylic acids is 2. The number of rotatable bonds is 10. The zero-order chi connectivity index (χ0) is 31.2. The molecule has 0 aliphatic carbocycles. The Balaban J connectivity index is 1.54. The van der Waals surface area contributed by atoms with Gasteiger partial charge in [-0.3, -0.25) is 14.2 Å². The minimum absolute atomic E-state index is 0.00742. The van der Waals surface area contributed by atoms with Crippen LogP contribution in [-0.2, 0) is 20.9 Å². The number of benzene rings is 3. The van der Waals surface area contributed by atoms with Gasteiger partial charge < -0.3 is 18.9 Å². The molecule has 224 valence electrons. The summed E-state index contributed by atoms with van der Waals surface area (Å²) in [6.45, 7) is 7.04. The van der Waals surface area contributed by atoms with E-state index in [0.29, 0.717) is 33.0 Å². The molecule has 44 heavy (non-hydrogen) atoms. The SMILES string of the molecule is C=CCOC(=O)C1=C(C)N=c2sc(=Cc3ccc(OCc4ccccc4)cc3)c(=O)n2C1c1ccc(OC(C)=O)c(OC)c1. The molecule has 1 aliphatic rings. The number of carbonyl (C=O) groups is 2. The Morgan fingerprint density at radius 2 is 1.80 bits per heavy atom. The van der Waals surface area contributed by atoms with Crippen LogP contribution in [0.2, 0.25) is 0 Å². The minimum Gasteiger partial charge on any atom is -0.493 e. The van der Waals surface area contributed by atoms with Gasteiger partial charge >= 0.3 is 11.9 Å². The first-order valence-electron chi connectivity index (χ1n) is 13.7. The number of nitrogens with zero attached hydrogens (tertiary/aromatic N) is 2. The molecule has 0 saturated heterocycles. The van der Waals surface area contributed by atoms with Crippen LogP contribution >= 0.6 is 11.3 Å². The van der Waals surface area contributed by atoms with Crippen molar-refractivity contribution in [3.8, 4) is 17.2 Å². The second-order valence-corrected chi connectivity index (χ2v) is 10.8. The van der Waals surface area contributed by atoms with Crippen LogP contribution in [0.5, 0.6) is 17.2 Å². The number of hydrogen-bond donors (Lipinski definition) is 0. The Morgan fingerprint density at radius 3 is 2.48 bits per heavy atom. The quantitative estimate of drug-likeness (QED) is 0.148. The Hall–Kier alpha value is -5.22. The fourth-order valence-corrected chi connectivity index (χ4v) is 5.80. The van der Waals surface area contributed by atoms with E-state index in [1.54, 1.807) is 31.2 Å². The molecule has 0 radical (unpaired) electrons. The Kier molecular flexibility index (Phi) is 9.20. The van der Waals surface area contributed by atoms with E-state index in [0.717, 1.165) is 11.1 Å². The zero-order valence-corrected chi connectivity index (χ0v) is 25.3. The van der Waals surface area contributed by atoms with Crippen LogP contribution in [0.3, 0.4) is 0 Å². The Labute approximate surface area is 257 Å². The standard InChI is InChI=1S/C34H30N2O7S/c1-5-17-41-33(39)30-21(2)35-34-36(31(30)25-13-16-27(43-22(3)37)28(19-25)40-4)32(38)29(44-34)18-23-11-14-26(15-12-23)42-20-24-9-7-6-8-10-24/h5-16,18-19,31H,1,17,20H2,2-4H3. The predicted molar refractivity (Wildman–Crippen MR) is 166 cm³/mol. The molecule has 0 N–H and O–H groups in total. The number of esters is 2. The fourth-order valence-electron chi connectivity index (χ4n) is 4.76. The van der Waals surface area contributed by atoms with Crippen molar-refractivity contribution >= 4 is 29.4 Å². The molecular formula is C34H30N2O7S. The van der Waals surface area contributed by atoms with Crippen molar-refractivity contribution in [1.82, 2.24) is 4.57 Å². The van der Waals surface area contributed by atoms with E-state index in [-0.39, 0.29) is 29.2 Å². The topological polar surface area (TPSA) is 105 Å². The maximum absolute atomic E-state index is 13.9. The third-order valence-corrected chi connectivity index (χ3v) is 7.74. The molecule has 1 unspecified atom stereocenters. The Morgan fingerprint density at radius 1 is 1.05 bits per heavy atom. The summed E-state index contributed by atoms with van der Waals surface area (Å²) in [7, 11) is 1.44. The van der Waals surface area contributed by atoms with Gasteiger partial charge in [0.25, 0.3) is 5.56 Å². The molecular weight excluding hydrogens is 580 g/mol. The number of fused-ring (bicyclic) bond motifs is 1. The summed E-state index contributed by atoms with van der Waals surface area (Å²) >= 11 is 1.22. The lowest BCUT2D eigenvalue weighted by molar-refractivity contribution is -0.138. The molecule has 2 heterocycles. The van der Waals surface area contributed by atoms with Gasteiger partial charge in [-0.25, -0.2) is 9.79 Å². The van der Waals surface area contributed by atoms with Crippen LogP contribution in [0, 0.1) is 0 Å². The van der Waals surface area contributed by atoms with E-state index in [4.69, 9.17) is 18.9 Å². The monoisotopic (exact) mass is 610 g/mol. The van der Waals surface area contributed by atoms with Crippen LogP contribution in [0.15, 0.2) is 107 Å². The highest BCUT2D eigenvalue weighted by Gasteiger charge is 2.34. The van der Waals surface area contributed by atoms with Gasteiger partial charge in [0.05, 0.1) is 29.0 Å². The second-order valence-electron chi connectivity index (χ2n) is 9.82. The summed E-state index contributed by atoms with van der Waals surface area (Å²) in [5.41, 5.74) is 2.70. The molecule has 0 bridgehead atoms. The molecule has 1 aliphatic heterocycles. The molecule has 9 nitrogen and oxygen atoms in total. The first kappa shape index (κ1) is 30.2. The molecule has 0 saturated carbocycles. The lowest BCUT2D eigenvalue weighted by atomic mass is 9.95. The Bertz CT molecular complexity index is 1920. The van der Waals surface area contributed by atoms with Crippen molar-refractivity contribution in [2.75, 3.05) is 13.7 Å².